The molecule has 21 heavy (non-hydrogen) atoms. The predicted molar refractivity (Wildman–Crippen MR) is 82.5 cm³/mol. The number of hydrogen-bond donors (Lipinski definition) is 2. The highest BCUT2D eigenvalue weighted by molar-refractivity contribution is 5.88. The average molecular weight is 278 g/mol. The highest BCUT2D eigenvalue weighted by Crippen LogP contribution is 2.14. The number of fused-ring (bicyclic) bond motifs is 1. The molecule has 2 aromatic carbocycles. The van der Waals surface area contributed by atoms with Gasteiger partial charge in [0.15, 0.2) is 0 Å². The lowest BCUT2D eigenvalue weighted by Gasteiger charge is -2.07. The number of anilines is 1. The summed E-state index contributed by atoms with van der Waals surface area (Å²) in [4.78, 5) is 15.4. The first kappa shape index (κ1) is 13.1. The lowest BCUT2D eigenvalue weighted by atomic mass is 10.2. The van der Waals surface area contributed by atoms with Crippen LogP contribution in [-0.4, -0.2) is 16.1 Å². The van der Waals surface area contributed by atoms with Gasteiger partial charge in [0.25, 0.3) is 0 Å². The fourth-order valence-corrected chi connectivity index (χ4v) is 2.13. The van der Waals surface area contributed by atoms with Crippen LogP contribution in [0.15, 0.2) is 60.7 Å². The molecule has 0 aliphatic rings. The number of carbonyl (C=O) groups is 1. The van der Waals surface area contributed by atoms with Gasteiger partial charge in [0.05, 0.1) is 23.3 Å². The lowest BCUT2D eigenvalue weighted by Crippen LogP contribution is -2.02. The molecule has 2 N–H and O–H groups in total. The number of benzene rings is 2. The van der Waals surface area contributed by atoms with Crippen LogP contribution in [0, 0.1) is 0 Å². The number of aromatic carboxylic acids is 1. The second kappa shape index (κ2) is 5.63. The zero-order valence-corrected chi connectivity index (χ0v) is 11.3. The maximum Gasteiger partial charge on any atom is 0.335 e. The van der Waals surface area contributed by atoms with Crippen LogP contribution >= 0.6 is 0 Å². The molecule has 104 valence electrons. The molecular formula is C17H14N2O2. The molecule has 0 saturated carbocycles. The van der Waals surface area contributed by atoms with Crippen molar-refractivity contribution in [1.29, 1.82) is 0 Å². The summed E-state index contributed by atoms with van der Waals surface area (Å²) in [6, 6.07) is 18.7. The molecule has 0 aliphatic carbocycles. The molecule has 0 bridgehead atoms. The molecule has 1 aromatic heterocycles. The number of carboxylic acids is 1. The Labute approximate surface area is 122 Å². The molecule has 0 fully saturated rings. The van der Waals surface area contributed by atoms with Crippen molar-refractivity contribution in [2.75, 3.05) is 5.32 Å². The zero-order chi connectivity index (χ0) is 14.7. The number of nitrogens with one attached hydrogen (secondary N) is 1. The third-order valence-corrected chi connectivity index (χ3v) is 3.26. The monoisotopic (exact) mass is 278 g/mol. The number of aromatic nitrogens is 1. The van der Waals surface area contributed by atoms with Crippen LogP contribution in [-0.2, 0) is 6.54 Å². The second-order valence-electron chi connectivity index (χ2n) is 4.73. The summed E-state index contributed by atoms with van der Waals surface area (Å²) in [7, 11) is 0. The smallest absolute Gasteiger partial charge is 0.335 e. The van der Waals surface area contributed by atoms with Gasteiger partial charge in [0.2, 0.25) is 0 Å². The van der Waals surface area contributed by atoms with E-state index in [1.54, 1.807) is 24.3 Å². The standard InChI is InChI=1S/C17H14N2O2/c20-17(21)13-6-8-14(9-7-13)18-11-15-10-5-12-3-1-2-4-16(12)19-15/h1-10,18H,11H2,(H,20,21). The van der Waals surface area contributed by atoms with Crippen LogP contribution < -0.4 is 5.32 Å². The van der Waals surface area contributed by atoms with Gasteiger partial charge >= 0.3 is 5.97 Å². The molecular weight excluding hydrogens is 264 g/mol. The number of rotatable bonds is 4. The summed E-state index contributed by atoms with van der Waals surface area (Å²) in [5.41, 5.74) is 3.06. The van der Waals surface area contributed by atoms with Gasteiger partial charge in [0, 0.05) is 11.1 Å². The molecule has 0 unspecified atom stereocenters. The van der Waals surface area contributed by atoms with E-state index in [-0.39, 0.29) is 5.56 Å². The summed E-state index contributed by atoms with van der Waals surface area (Å²) in [5.74, 6) is -0.919. The minimum atomic E-state index is -0.919. The Kier molecular flexibility index (Phi) is 3.51. The van der Waals surface area contributed by atoms with Gasteiger partial charge < -0.3 is 10.4 Å². The molecule has 0 amide bonds. The first-order valence-corrected chi connectivity index (χ1v) is 6.64. The van der Waals surface area contributed by atoms with Crippen LogP contribution in [0.4, 0.5) is 5.69 Å². The van der Waals surface area contributed by atoms with Gasteiger partial charge in [-0.25, -0.2) is 4.79 Å². The lowest BCUT2D eigenvalue weighted by molar-refractivity contribution is 0.0697. The molecule has 1 heterocycles. The van der Waals surface area contributed by atoms with Crippen LogP contribution in [0.25, 0.3) is 10.9 Å². The van der Waals surface area contributed by atoms with E-state index in [1.807, 2.05) is 36.4 Å². The van der Waals surface area contributed by atoms with E-state index in [4.69, 9.17) is 5.11 Å². The van der Waals surface area contributed by atoms with Crippen LogP contribution in [0.5, 0.6) is 0 Å². The van der Waals surface area contributed by atoms with Crippen molar-refractivity contribution < 1.29 is 9.90 Å². The van der Waals surface area contributed by atoms with E-state index in [1.165, 1.54) is 0 Å². The van der Waals surface area contributed by atoms with Gasteiger partial charge in [-0.1, -0.05) is 24.3 Å². The van der Waals surface area contributed by atoms with E-state index in [9.17, 15) is 4.79 Å². The van der Waals surface area contributed by atoms with Crippen molar-refractivity contribution in [1.82, 2.24) is 4.98 Å². The normalized spacial score (nSPS) is 10.5. The van der Waals surface area contributed by atoms with E-state index < -0.39 is 5.97 Å². The number of pyridine rings is 1. The van der Waals surface area contributed by atoms with Gasteiger partial charge in [-0.2, -0.15) is 0 Å². The Morgan fingerprint density at radius 3 is 2.52 bits per heavy atom. The van der Waals surface area contributed by atoms with E-state index >= 15 is 0 Å². The maximum absolute atomic E-state index is 10.8. The molecule has 3 aromatic rings. The quantitative estimate of drug-likeness (QED) is 0.766. The average Bonchev–Trinajstić information content (AvgIpc) is 2.53. The Bertz CT molecular complexity index is 782. The zero-order valence-electron chi connectivity index (χ0n) is 11.3. The van der Waals surface area contributed by atoms with Gasteiger partial charge in [-0.15, -0.1) is 0 Å². The molecule has 0 saturated heterocycles. The SMILES string of the molecule is O=C(O)c1ccc(NCc2ccc3ccccc3n2)cc1. The third kappa shape index (κ3) is 3.00. The van der Waals surface area contributed by atoms with Crippen molar-refractivity contribution in [3.05, 3.63) is 71.9 Å². The van der Waals surface area contributed by atoms with Crippen LogP contribution in [0.1, 0.15) is 16.1 Å². The first-order chi connectivity index (χ1) is 10.2. The maximum atomic E-state index is 10.8. The summed E-state index contributed by atoms with van der Waals surface area (Å²) in [6.45, 7) is 0.594. The Balaban J connectivity index is 1.72. The summed E-state index contributed by atoms with van der Waals surface area (Å²) < 4.78 is 0. The second-order valence-corrected chi connectivity index (χ2v) is 4.73. The molecule has 3 rings (SSSR count). The van der Waals surface area contributed by atoms with Crippen molar-refractivity contribution in [3.8, 4) is 0 Å². The minimum absolute atomic E-state index is 0.282. The summed E-state index contributed by atoms with van der Waals surface area (Å²) >= 11 is 0. The molecule has 4 nitrogen and oxygen atoms in total. The Morgan fingerprint density at radius 1 is 1.00 bits per heavy atom. The van der Waals surface area contributed by atoms with Gasteiger partial charge in [-0.3, -0.25) is 4.98 Å². The van der Waals surface area contributed by atoms with E-state index in [0.29, 0.717) is 6.54 Å². The van der Waals surface area contributed by atoms with Crippen molar-refractivity contribution in [2.45, 2.75) is 6.54 Å². The van der Waals surface area contributed by atoms with Gasteiger partial charge in [0.1, 0.15) is 0 Å². The molecule has 0 radical (unpaired) electrons. The Hall–Kier alpha value is -2.88. The molecule has 0 spiro atoms. The number of para-hydroxylation sites is 1. The van der Waals surface area contributed by atoms with Crippen LogP contribution in [0.2, 0.25) is 0 Å². The summed E-state index contributed by atoms with van der Waals surface area (Å²) in [6.07, 6.45) is 0. The number of carboxylic acid groups (broad SMARTS) is 1. The number of hydrogen-bond acceptors (Lipinski definition) is 3. The van der Waals surface area contributed by atoms with E-state index in [0.717, 1.165) is 22.3 Å². The molecule has 4 heteroatoms. The fraction of sp³-hybridized carbons (Fsp3) is 0.0588. The predicted octanol–water partition coefficient (Wildman–Crippen LogP) is 3.55. The number of nitrogens with zero attached hydrogens (tertiary/aromatic N) is 1. The molecule has 0 atom stereocenters. The van der Waals surface area contributed by atoms with Crippen molar-refractivity contribution >= 4 is 22.6 Å². The first-order valence-electron chi connectivity index (χ1n) is 6.64. The van der Waals surface area contributed by atoms with Crippen molar-refractivity contribution in [3.63, 3.8) is 0 Å². The highest BCUT2D eigenvalue weighted by Gasteiger charge is 2.02. The minimum Gasteiger partial charge on any atom is -0.478 e. The van der Waals surface area contributed by atoms with Crippen molar-refractivity contribution in [2.24, 2.45) is 0 Å². The topological polar surface area (TPSA) is 62.2 Å². The van der Waals surface area contributed by atoms with E-state index in [2.05, 4.69) is 10.3 Å². The van der Waals surface area contributed by atoms with Gasteiger partial charge in [-0.05, 0) is 36.4 Å². The Morgan fingerprint density at radius 2 is 1.76 bits per heavy atom. The fourth-order valence-electron chi connectivity index (χ4n) is 2.13. The summed E-state index contributed by atoms with van der Waals surface area (Å²) in [5, 5.41) is 13.2. The third-order valence-electron chi connectivity index (χ3n) is 3.26. The molecule has 0 aliphatic heterocycles. The largest absolute Gasteiger partial charge is 0.478 e. The van der Waals surface area contributed by atoms with Crippen LogP contribution in [0.3, 0.4) is 0 Å². The highest BCUT2D eigenvalue weighted by atomic mass is 16.4.